The molecule has 24 heavy (non-hydrogen) atoms. The van der Waals surface area contributed by atoms with E-state index < -0.39 is 4.92 Å². The normalized spacial score (nSPS) is 10.3. The number of nitrogens with zero attached hydrogens (tertiary/aromatic N) is 3. The molecular weight excluding hydrogens is 304 g/mol. The van der Waals surface area contributed by atoms with E-state index in [-0.39, 0.29) is 5.69 Å². The third-order valence-electron chi connectivity index (χ3n) is 3.53. The zero-order chi connectivity index (χ0) is 16.8. The number of benzene rings is 1. The van der Waals surface area contributed by atoms with Gasteiger partial charge in [0, 0.05) is 36.5 Å². The van der Waals surface area contributed by atoms with Crippen molar-refractivity contribution < 1.29 is 4.92 Å². The van der Waals surface area contributed by atoms with Crippen LogP contribution in [0.2, 0.25) is 0 Å². The molecule has 0 fully saturated rings. The van der Waals surface area contributed by atoms with E-state index in [2.05, 4.69) is 15.3 Å². The van der Waals surface area contributed by atoms with Crippen molar-refractivity contribution in [1.29, 1.82) is 0 Å². The molecule has 0 aliphatic rings. The van der Waals surface area contributed by atoms with Crippen LogP contribution in [0.1, 0.15) is 5.69 Å². The third-order valence-corrected chi connectivity index (χ3v) is 3.53. The van der Waals surface area contributed by atoms with E-state index in [1.165, 1.54) is 6.07 Å². The molecule has 0 aliphatic carbocycles. The minimum absolute atomic E-state index is 0.00326. The van der Waals surface area contributed by atoms with Crippen molar-refractivity contribution in [3.8, 4) is 11.3 Å². The fourth-order valence-corrected chi connectivity index (χ4v) is 2.37. The summed E-state index contributed by atoms with van der Waals surface area (Å²) in [6.45, 7) is 0.649. The molecule has 0 amide bonds. The summed E-state index contributed by atoms with van der Waals surface area (Å²) in [5.74, 6) is 0.607. The first-order valence-corrected chi connectivity index (χ1v) is 7.58. The Hall–Kier alpha value is -3.28. The molecule has 0 bridgehead atoms. The molecule has 1 N–H and O–H groups in total. The molecule has 0 radical (unpaired) electrons. The van der Waals surface area contributed by atoms with Crippen molar-refractivity contribution in [2.24, 2.45) is 0 Å². The lowest BCUT2D eigenvalue weighted by Gasteiger charge is -2.08. The van der Waals surface area contributed by atoms with Crippen LogP contribution in [0.15, 0.2) is 66.9 Å². The summed E-state index contributed by atoms with van der Waals surface area (Å²) in [5, 5.41) is 14.4. The Morgan fingerprint density at radius 1 is 1.00 bits per heavy atom. The van der Waals surface area contributed by atoms with Crippen molar-refractivity contribution in [1.82, 2.24) is 9.97 Å². The molecule has 1 aromatic carbocycles. The van der Waals surface area contributed by atoms with Gasteiger partial charge in [-0.05, 0) is 18.2 Å². The van der Waals surface area contributed by atoms with Gasteiger partial charge in [0.25, 0.3) is 5.69 Å². The standard InChI is InChI=1S/C18H16N4O2/c23-22(24)16-9-10-17(20-13-11-15-8-4-5-12-19-15)21-18(16)14-6-2-1-3-7-14/h1-10,12H,11,13H2,(H,20,21). The van der Waals surface area contributed by atoms with Crippen LogP contribution in [0.3, 0.4) is 0 Å². The fraction of sp³-hybridized carbons (Fsp3) is 0.111. The van der Waals surface area contributed by atoms with Crippen molar-refractivity contribution >= 4 is 11.5 Å². The molecule has 6 nitrogen and oxygen atoms in total. The molecule has 0 atom stereocenters. The second-order valence-corrected chi connectivity index (χ2v) is 5.19. The second kappa shape index (κ2) is 7.32. The highest BCUT2D eigenvalue weighted by Gasteiger charge is 2.17. The van der Waals surface area contributed by atoms with Crippen LogP contribution >= 0.6 is 0 Å². The number of anilines is 1. The predicted octanol–water partition coefficient (Wildman–Crippen LogP) is 3.71. The van der Waals surface area contributed by atoms with Gasteiger partial charge in [-0.25, -0.2) is 4.98 Å². The Morgan fingerprint density at radius 3 is 2.50 bits per heavy atom. The SMILES string of the molecule is O=[N+]([O-])c1ccc(NCCc2ccccn2)nc1-c1ccccc1. The van der Waals surface area contributed by atoms with Gasteiger partial charge in [-0.1, -0.05) is 36.4 Å². The number of pyridine rings is 2. The lowest BCUT2D eigenvalue weighted by atomic mass is 10.1. The topological polar surface area (TPSA) is 81.0 Å². The summed E-state index contributed by atoms with van der Waals surface area (Å²) < 4.78 is 0. The van der Waals surface area contributed by atoms with Crippen LogP contribution in [-0.4, -0.2) is 21.4 Å². The van der Waals surface area contributed by atoms with Crippen molar-refractivity contribution in [3.63, 3.8) is 0 Å². The van der Waals surface area contributed by atoms with Crippen LogP contribution in [0.4, 0.5) is 11.5 Å². The maximum absolute atomic E-state index is 11.2. The van der Waals surface area contributed by atoms with E-state index >= 15 is 0 Å². The third kappa shape index (κ3) is 3.73. The number of hydrogen-bond donors (Lipinski definition) is 1. The lowest BCUT2D eigenvalue weighted by Crippen LogP contribution is -2.08. The summed E-state index contributed by atoms with van der Waals surface area (Å²) in [6.07, 6.45) is 2.51. The van der Waals surface area contributed by atoms with E-state index in [1.807, 2.05) is 48.5 Å². The first kappa shape index (κ1) is 15.6. The molecule has 120 valence electrons. The fourth-order valence-electron chi connectivity index (χ4n) is 2.37. The molecule has 2 aromatic heterocycles. The van der Waals surface area contributed by atoms with Gasteiger partial charge in [0.1, 0.15) is 5.82 Å². The van der Waals surface area contributed by atoms with Crippen LogP contribution in [-0.2, 0) is 6.42 Å². The summed E-state index contributed by atoms with van der Waals surface area (Å²) >= 11 is 0. The Balaban J connectivity index is 1.78. The monoisotopic (exact) mass is 320 g/mol. The minimum atomic E-state index is -0.410. The molecule has 0 saturated carbocycles. The molecular formula is C18H16N4O2. The summed E-state index contributed by atoms with van der Waals surface area (Å²) in [4.78, 5) is 19.5. The highest BCUT2D eigenvalue weighted by atomic mass is 16.6. The van der Waals surface area contributed by atoms with Crippen LogP contribution in [0.25, 0.3) is 11.3 Å². The largest absolute Gasteiger partial charge is 0.370 e. The molecule has 0 unspecified atom stereocenters. The summed E-state index contributed by atoms with van der Waals surface area (Å²) in [7, 11) is 0. The van der Waals surface area contributed by atoms with Crippen LogP contribution in [0, 0.1) is 10.1 Å². The van der Waals surface area contributed by atoms with Gasteiger partial charge in [-0.2, -0.15) is 0 Å². The van der Waals surface area contributed by atoms with E-state index in [4.69, 9.17) is 0 Å². The molecule has 0 aliphatic heterocycles. The lowest BCUT2D eigenvalue weighted by molar-refractivity contribution is -0.384. The smallest absolute Gasteiger partial charge is 0.295 e. The molecule has 0 saturated heterocycles. The molecule has 2 heterocycles. The van der Waals surface area contributed by atoms with Crippen LogP contribution < -0.4 is 5.32 Å². The van der Waals surface area contributed by atoms with Gasteiger partial charge in [0.05, 0.1) is 4.92 Å². The highest BCUT2D eigenvalue weighted by Crippen LogP contribution is 2.29. The van der Waals surface area contributed by atoms with Gasteiger partial charge in [0.2, 0.25) is 0 Å². The van der Waals surface area contributed by atoms with Crippen molar-refractivity contribution in [3.05, 3.63) is 82.7 Å². The Labute approximate surface area is 139 Å². The second-order valence-electron chi connectivity index (χ2n) is 5.19. The average Bonchev–Trinajstić information content (AvgIpc) is 2.63. The molecule has 0 spiro atoms. The predicted molar refractivity (Wildman–Crippen MR) is 92.8 cm³/mol. The van der Waals surface area contributed by atoms with Gasteiger partial charge in [0.15, 0.2) is 5.69 Å². The van der Waals surface area contributed by atoms with E-state index in [1.54, 1.807) is 12.3 Å². The molecule has 3 rings (SSSR count). The number of hydrogen-bond acceptors (Lipinski definition) is 5. The Morgan fingerprint density at radius 2 is 1.79 bits per heavy atom. The van der Waals surface area contributed by atoms with Gasteiger partial charge in [-0.15, -0.1) is 0 Å². The first-order chi connectivity index (χ1) is 11.7. The van der Waals surface area contributed by atoms with Gasteiger partial charge >= 0.3 is 0 Å². The zero-order valence-corrected chi connectivity index (χ0v) is 12.9. The Kier molecular flexibility index (Phi) is 4.76. The number of aromatic nitrogens is 2. The van der Waals surface area contributed by atoms with Crippen molar-refractivity contribution in [2.45, 2.75) is 6.42 Å². The quantitative estimate of drug-likeness (QED) is 0.553. The van der Waals surface area contributed by atoms with E-state index in [0.717, 1.165) is 17.7 Å². The zero-order valence-electron chi connectivity index (χ0n) is 12.9. The number of rotatable bonds is 6. The first-order valence-electron chi connectivity index (χ1n) is 7.58. The van der Waals surface area contributed by atoms with E-state index in [9.17, 15) is 10.1 Å². The average molecular weight is 320 g/mol. The number of nitro groups is 1. The Bertz CT molecular complexity index is 823. The maximum atomic E-state index is 11.2. The van der Waals surface area contributed by atoms with Crippen molar-refractivity contribution in [2.75, 3.05) is 11.9 Å². The molecule has 6 heteroatoms. The van der Waals surface area contributed by atoms with Crippen LogP contribution in [0.5, 0.6) is 0 Å². The summed E-state index contributed by atoms with van der Waals surface area (Å²) in [5.41, 5.74) is 2.06. The number of nitrogens with one attached hydrogen (secondary N) is 1. The highest BCUT2D eigenvalue weighted by molar-refractivity contribution is 5.71. The minimum Gasteiger partial charge on any atom is -0.370 e. The van der Waals surface area contributed by atoms with Gasteiger partial charge in [-0.3, -0.25) is 15.1 Å². The van der Waals surface area contributed by atoms with Gasteiger partial charge < -0.3 is 5.32 Å². The summed E-state index contributed by atoms with van der Waals surface area (Å²) in [6, 6.07) is 18.1. The van der Waals surface area contributed by atoms with E-state index in [0.29, 0.717) is 18.1 Å². The maximum Gasteiger partial charge on any atom is 0.295 e. The molecule has 3 aromatic rings.